The number of alkyl halides is 3. The van der Waals surface area contributed by atoms with E-state index in [2.05, 4.69) is 11.7 Å². The predicted molar refractivity (Wildman–Crippen MR) is 98.1 cm³/mol. The molecule has 0 aliphatic heterocycles. The van der Waals surface area contributed by atoms with Gasteiger partial charge in [-0.3, -0.25) is 0 Å². The minimum Gasteiger partial charge on any atom is -0.406 e. The lowest BCUT2D eigenvalue weighted by Gasteiger charge is -2.20. The number of unbranched alkanes of at least 4 members (excludes halogenated alkanes) is 2. The Morgan fingerprint density at radius 2 is 1.75 bits per heavy atom. The van der Waals surface area contributed by atoms with Crippen molar-refractivity contribution in [3.05, 3.63) is 64.7 Å². The van der Waals surface area contributed by atoms with Crippen molar-refractivity contribution in [2.24, 2.45) is 0 Å². The number of benzene rings is 2. The third-order valence-electron chi connectivity index (χ3n) is 4.90. The largest absolute Gasteiger partial charge is 0.573 e. The van der Waals surface area contributed by atoms with E-state index in [0.29, 0.717) is 24.0 Å². The maximum Gasteiger partial charge on any atom is 0.573 e. The Balaban J connectivity index is 1.85. The Morgan fingerprint density at radius 1 is 1.04 bits per heavy atom. The first kappa shape index (κ1) is 20.4. The van der Waals surface area contributed by atoms with E-state index in [0.717, 1.165) is 37.8 Å². The minimum atomic E-state index is -4.81. The molecule has 0 N–H and O–H groups in total. The van der Waals surface area contributed by atoms with Gasteiger partial charge in [0, 0.05) is 0 Å². The van der Waals surface area contributed by atoms with Crippen molar-refractivity contribution in [1.82, 2.24) is 0 Å². The van der Waals surface area contributed by atoms with E-state index in [1.807, 2.05) is 6.08 Å². The van der Waals surface area contributed by atoms with Crippen molar-refractivity contribution in [3.63, 3.8) is 0 Å². The van der Waals surface area contributed by atoms with Crippen molar-refractivity contribution in [3.8, 4) is 16.9 Å². The van der Waals surface area contributed by atoms with E-state index >= 15 is 4.39 Å². The summed E-state index contributed by atoms with van der Waals surface area (Å²) >= 11 is 0. The summed E-state index contributed by atoms with van der Waals surface area (Å²) in [6.45, 7) is 2.12. The van der Waals surface area contributed by atoms with E-state index < -0.39 is 23.7 Å². The number of hydrogen-bond donors (Lipinski definition) is 0. The van der Waals surface area contributed by atoms with Crippen LogP contribution in [0.15, 0.2) is 42.0 Å². The fraction of sp³-hybridized carbons (Fsp3) is 0.364. The molecule has 0 unspecified atom stereocenters. The van der Waals surface area contributed by atoms with Crippen molar-refractivity contribution < 1.29 is 26.7 Å². The van der Waals surface area contributed by atoms with Gasteiger partial charge in [0.2, 0.25) is 0 Å². The summed E-state index contributed by atoms with van der Waals surface area (Å²) in [7, 11) is 0. The molecule has 28 heavy (non-hydrogen) atoms. The van der Waals surface area contributed by atoms with E-state index in [1.54, 1.807) is 0 Å². The lowest BCUT2D eigenvalue weighted by atomic mass is 9.86. The van der Waals surface area contributed by atoms with Gasteiger partial charge < -0.3 is 4.74 Å². The monoisotopic (exact) mass is 396 g/mol. The third-order valence-corrected chi connectivity index (χ3v) is 4.90. The lowest BCUT2D eigenvalue weighted by molar-refractivity contribution is -0.274. The second-order valence-electron chi connectivity index (χ2n) is 6.96. The summed E-state index contributed by atoms with van der Waals surface area (Å²) in [5, 5.41) is 0. The molecule has 1 nitrogen and oxygen atoms in total. The molecular weight excluding hydrogens is 375 g/mol. The molecule has 2 aromatic carbocycles. The van der Waals surface area contributed by atoms with Crippen LogP contribution in [-0.4, -0.2) is 6.36 Å². The first-order valence-electron chi connectivity index (χ1n) is 9.32. The number of hydrogen-bond acceptors (Lipinski definition) is 1. The molecule has 0 radical (unpaired) electrons. The number of ether oxygens (including phenoxy) is 1. The van der Waals surface area contributed by atoms with Crippen LogP contribution in [0.4, 0.5) is 22.0 Å². The van der Waals surface area contributed by atoms with Gasteiger partial charge in [0.05, 0.1) is 5.56 Å². The summed E-state index contributed by atoms with van der Waals surface area (Å²) in [4.78, 5) is 0. The molecule has 6 heteroatoms. The van der Waals surface area contributed by atoms with Gasteiger partial charge in [-0.1, -0.05) is 43.5 Å². The van der Waals surface area contributed by atoms with Crippen LogP contribution >= 0.6 is 0 Å². The minimum absolute atomic E-state index is 0.171. The number of allylic oxidation sites excluding steroid dienone is 2. The van der Waals surface area contributed by atoms with Crippen molar-refractivity contribution in [2.75, 3.05) is 0 Å². The quantitative estimate of drug-likeness (QED) is 0.287. The smallest absolute Gasteiger partial charge is 0.406 e. The zero-order valence-electron chi connectivity index (χ0n) is 15.5. The molecule has 2 aromatic rings. The van der Waals surface area contributed by atoms with E-state index in [4.69, 9.17) is 0 Å². The number of fused-ring (bicyclic) bond motifs is 1. The zero-order valence-corrected chi connectivity index (χ0v) is 15.5. The van der Waals surface area contributed by atoms with Gasteiger partial charge in [-0.15, -0.1) is 13.2 Å². The summed E-state index contributed by atoms with van der Waals surface area (Å²) in [6.07, 6.45) is 2.35. The van der Waals surface area contributed by atoms with E-state index in [-0.39, 0.29) is 11.1 Å². The Kier molecular flexibility index (Phi) is 6.06. The highest BCUT2D eigenvalue weighted by Gasteiger charge is 2.31. The second kappa shape index (κ2) is 8.33. The van der Waals surface area contributed by atoms with Gasteiger partial charge in [0.15, 0.2) is 0 Å². The second-order valence-corrected chi connectivity index (χ2v) is 6.96. The molecule has 0 amide bonds. The van der Waals surface area contributed by atoms with Gasteiger partial charge in [-0.2, -0.15) is 0 Å². The van der Waals surface area contributed by atoms with Gasteiger partial charge >= 0.3 is 6.36 Å². The molecule has 1 aliphatic carbocycles. The topological polar surface area (TPSA) is 9.23 Å². The standard InChI is InChI=1S/C22H21F5O/c1-2-3-4-5-14-6-11-18-16(12-14)13-19(23)20(21(18)24)15-7-9-17(10-8-15)28-22(25,26)27/h6-10,13H,2-5,11-12H2,1H3. The van der Waals surface area contributed by atoms with Crippen LogP contribution in [0.5, 0.6) is 5.75 Å². The maximum atomic E-state index is 15.0. The van der Waals surface area contributed by atoms with Crippen LogP contribution in [-0.2, 0) is 12.8 Å². The summed E-state index contributed by atoms with van der Waals surface area (Å²) < 4.78 is 70.3. The molecule has 0 aromatic heterocycles. The number of rotatable bonds is 6. The molecule has 0 saturated carbocycles. The molecule has 0 saturated heterocycles. The van der Waals surface area contributed by atoms with Crippen molar-refractivity contribution in [2.45, 2.75) is 51.8 Å². The molecule has 150 valence electrons. The van der Waals surface area contributed by atoms with E-state index in [1.165, 1.54) is 23.8 Å². The highest BCUT2D eigenvalue weighted by atomic mass is 19.4. The van der Waals surface area contributed by atoms with Crippen LogP contribution in [0.25, 0.3) is 11.1 Å². The van der Waals surface area contributed by atoms with Gasteiger partial charge in [-0.05, 0) is 60.6 Å². The Morgan fingerprint density at radius 3 is 2.39 bits per heavy atom. The van der Waals surface area contributed by atoms with Crippen molar-refractivity contribution in [1.29, 1.82) is 0 Å². The van der Waals surface area contributed by atoms with Crippen molar-refractivity contribution >= 4 is 0 Å². The lowest BCUT2D eigenvalue weighted by Crippen LogP contribution is -2.17. The maximum absolute atomic E-state index is 15.0. The molecule has 0 fully saturated rings. The molecule has 1 aliphatic rings. The van der Waals surface area contributed by atoms with Gasteiger partial charge in [-0.25, -0.2) is 8.78 Å². The van der Waals surface area contributed by atoms with Crippen LogP contribution in [0, 0.1) is 11.6 Å². The van der Waals surface area contributed by atoms with Crippen LogP contribution < -0.4 is 4.74 Å². The molecule has 0 heterocycles. The highest BCUT2D eigenvalue weighted by Crippen LogP contribution is 2.35. The average molecular weight is 396 g/mol. The summed E-state index contributed by atoms with van der Waals surface area (Å²) in [5.74, 6) is -1.80. The van der Waals surface area contributed by atoms with Crippen LogP contribution in [0.2, 0.25) is 0 Å². The Bertz CT molecular complexity index is 866. The third kappa shape index (κ3) is 4.72. The Labute approximate surface area is 160 Å². The SMILES string of the molecule is CCCCCC1=CCc2c(cc(F)c(-c3ccc(OC(F)(F)F)cc3)c2F)C1. The first-order valence-corrected chi connectivity index (χ1v) is 9.32. The van der Waals surface area contributed by atoms with Gasteiger partial charge in [0.25, 0.3) is 0 Å². The van der Waals surface area contributed by atoms with E-state index in [9.17, 15) is 17.6 Å². The molecule has 0 spiro atoms. The highest BCUT2D eigenvalue weighted by molar-refractivity contribution is 5.68. The summed E-state index contributed by atoms with van der Waals surface area (Å²) in [5.41, 5.74) is 2.24. The molecule has 3 rings (SSSR count). The molecule has 0 atom stereocenters. The zero-order chi connectivity index (χ0) is 20.3. The fourth-order valence-electron chi connectivity index (χ4n) is 3.53. The van der Waals surface area contributed by atoms with Crippen LogP contribution in [0.1, 0.15) is 43.7 Å². The van der Waals surface area contributed by atoms with Crippen LogP contribution in [0.3, 0.4) is 0 Å². The predicted octanol–water partition coefficient (Wildman–Crippen LogP) is 7.14. The molecule has 0 bridgehead atoms. The van der Waals surface area contributed by atoms with Gasteiger partial charge in [0.1, 0.15) is 17.4 Å². The Hall–Kier alpha value is -2.37. The fourth-order valence-corrected chi connectivity index (χ4v) is 3.53. The molecular formula is C22H21F5O. The number of halogens is 5. The average Bonchev–Trinajstić information content (AvgIpc) is 2.62. The first-order chi connectivity index (χ1) is 13.3. The summed E-state index contributed by atoms with van der Waals surface area (Å²) in [6, 6.07) is 5.90. The normalized spacial score (nSPS) is 13.9.